The Hall–Kier alpha value is -1.82. The molecule has 6 heteroatoms. The quantitative estimate of drug-likeness (QED) is 0.754. The van der Waals surface area contributed by atoms with Crippen LogP contribution in [0.5, 0.6) is 0 Å². The average molecular weight is 323 g/mol. The highest BCUT2D eigenvalue weighted by Crippen LogP contribution is 2.19. The number of aromatic amines is 1. The molecule has 0 aromatic carbocycles. The molecule has 1 rings (SSSR count). The van der Waals surface area contributed by atoms with Gasteiger partial charge in [0.15, 0.2) is 0 Å². The zero-order chi connectivity index (χ0) is 17.7. The maximum Gasteiger partial charge on any atom is 0.340 e. The van der Waals surface area contributed by atoms with E-state index in [1.54, 1.807) is 20.8 Å². The monoisotopic (exact) mass is 323 g/mol. The summed E-state index contributed by atoms with van der Waals surface area (Å²) in [6.45, 7) is 10.4. The minimum atomic E-state index is -0.397. The van der Waals surface area contributed by atoms with Crippen LogP contribution in [-0.2, 0) is 4.74 Å². The number of ether oxygens (including phenoxy) is 1. The van der Waals surface area contributed by atoms with Gasteiger partial charge in [0.05, 0.1) is 12.2 Å². The normalized spacial score (nSPS) is 12.6. The van der Waals surface area contributed by atoms with E-state index < -0.39 is 5.97 Å². The molecular weight excluding hydrogens is 294 g/mol. The fraction of sp³-hybridized carbons (Fsp3) is 0.647. The predicted octanol–water partition coefficient (Wildman–Crippen LogP) is 2.12. The van der Waals surface area contributed by atoms with Crippen LogP contribution in [0.1, 0.15) is 52.9 Å². The molecule has 2 N–H and O–H groups in total. The zero-order valence-corrected chi connectivity index (χ0v) is 15.2. The number of nitrogens with zero attached hydrogens (tertiary/aromatic N) is 1. The van der Waals surface area contributed by atoms with Crippen molar-refractivity contribution in [3.8, 4) is 0 Å². The van der Waals surface area contributed by atoms with E-state index in [2.05, 4.69) is 29.0 Å². The van der Waals surface area contributed by atoms with Gasteiger partial charge in [0, 0.05) is 18.3 Å². The van der Waals surface area contributed by atoms with Gasteiger partial charge in [-0.05, 0) is 46.3 Å². The molecule has 0 saturated heterocycles. The van der Waals surface area contributed by atoms with Crippen molar-refractivity contribution in [3.63, 3.8) is 0 Å². The first-order chi connectivity index (χ1) is 10.7. The molecule has 130 valence electrons. The molecule has 0 bridgehead atoms. The van der Waals surface area contributed by atoms with E-state index in [1.165, 1.54) is 0 Å². The van der Waals surface area contributed by atoms with Gasteiger partial charge >= 0.3 is 5.97 Å². The Kier molecular flexibility index (Phi) is 6.81. The smallest absolute Gasteiger partial charge is 0.340 e. The number of rotatable bonds is 7. The van der Waals surface area contributed by atoms with Crippen molar-refractivity contribution >= 4 is 11.9 Å². The Morgan fingerprint density at radius 2 is 1.87 bits per heavy atom. The average Bonchev–Trinajstić information content (AvgIpc) is 2.73. The van der Waals surface area contributed by atoms with Crippen LogP contribution in [0.2, 0.25) is 0 Å². The molecule has 0 aliphatic carbocycles. The Bertz CT molecular complexity index is 554. The number of likely N-dealkylation sites (N-methyl/N-ethyl adjacent to an activating group) is 1. The van der Waals surface area contributed by atoms with Crippen molar-refractivity contribution in [3.05, 3.63) is 22.5 Å². The molecule has 0 saturated carbocycles. The summed E-state index contributed by atoms with van der Waals surface area (Å²) in [5, 5.41) is 2.95. The van der Waals surface area contributed by atoms with E-state index in [9.17, 15) is 9.59 Å². The molecule has 6 nitrogen and oxygen atoms in total. The van der Waals surface area contributed by atoms with Gasteiger partial charge in [-0.1, -0.05) is 13.8 Å². The van der Waals surface area contributed by atoms with Crippen LogP contribution in [0, 0.1) is 19.8 Å². The SMILES string of the molecule is CCOC(=O)c1c(C)[nH]c(C(=O)NC[C@H](C(C)C)N(C)C)c1C. The van der Waals surface area contributed by atoms with Gasteiger partial charge in [0.2, 0.25) is 0 Å². The summed E-state index contributed by atoms with van der Waals surface area (Å²) in [6.07, 6.45) is 0. The van der Waals surface area contributed by atoms with E-state index in [1.807, 2.05) is 14.1 Å². The van der Waals surface area contributed by atoms with Crippen molar-refractivity contribution in [2.24, 2.45) is 5.92 Å². The van der Waals surface area contributed by atoms with Gasteiger partial charge in [-0.3, -0.25) is 4.79 Å². The van der Waals surface area contributed by atoms with Gasteiger partial charge < -0.3 is 19.9 Å². The predicted molar refractivity (Wildman–Crippen MR) is 90.9 cm³/mol. The topological polar surface area (TPSA) is 74.4 Å². The van der Waals surface area contributed by atoms with Crippen LogP contribution in [0.3, 0.4) is 0 Å². The third-order valence-corrected chi connectivity index (χ3v) is 4.05. The third-order valence-electron chi connectivity index (χ3n) is 4.05. The molecule has 0 aliphatic rings. The van der Waals surface area contributed by atoms with Crippen LogP contribution in [-0.4, -0.2) is 55.0 Å². The van der Waals surface area contributed by atoms with Crippen LogP contribution in [0.4, 0.5) is 0 Å². The van der Waals surface area contributed by atoms with E-state index in [4.69, 9.17) is 4.74 Å². The molecular formula is C17H29N3O3. The van der Waals surface area contributed by atoms with E-state index in [0.29, 0.717) is 41.6 Å². The fourth-order valence-electron chi connectivity index (χ4n) is 2.79. The van der Waals surface area contributed by atoms with Crippen molar-refractivity contribution in [1.29, 1.82) is 0 Å². The molecule has 1 heterocycles. The summed E-state index contributed by atoms with van der Waals surface area (Å²) in [6, 6.07) is 0.250. The number of amides is 1. The molecule has 23 heavy (non-hydrogen) atoms. The third kappa shape index (κ3) is 4.58. The van der Waals surface area contributed by atoms with Crippen molar-refractivity contribution in [2.75, 3.05) is 27.2 Å². The summed E-state index contributed by atoms with van der Waals surface area (Å²) >= 11 is 0. The molecule has 1 amide bonds. The molecule has 1 aromatic heterocycles. The second-order valence-corrected chi connectivity index (χ2v) is 6.33. The van der Waals surface area contributed by atoms with E-state index in [-0.39, 0.29) is 11.9 Å². The van der Waals surface area contributed by atoms with Crippen LogP contribution in [0.15, 0.2) is 0 Å². The molecule has 0 radical (unpaired) electrons. The second-order valence-electron chi connectivity index (χ2n) is 6.33. The zero-order valence-electron chi connectivity index (χ0n) is 15.2. The van der Waals surface area contributed by atoms with Gasteiger partial charge in [-0.25, -0.2) is 4.79 Å². The van der Waals surface area contributed by atoms with Crippen molar-refractivity contribution in [2.45, 2.75) is 40.7 Å². The van der Waals surface area contributed by atoms with E-state index in [0.717, 1.165) is 0 Å². The first kappa shape index (κ1) is 19.2. The maximum absolute atomic E-state index is 12.4. The van der Waals surface area contributed by atoms with Gasteiger partial charge in [0.1, 0.15) is 5.69 Å². The molecule has 1 atom stereocenters. The molecule has 0 aliphatic heterocycles. The first-order valence-electron chi connectivity index (χ1n) is 8.01. The van der Waals surface area contributed by atoms with Crippen LogP contribution < -0.4 is 5.32 Å². The molecule has 0 unspecified atom stereocenters. The number of hydrogen-bond donors (Lipinski definition) is 2. The standard InChI is InChI=1S/C17H29N3O3/c1-8-23-17(22)14-11(4)15(19-12(14)5)16(21)18-9-13(10(2)3)20(6)7/h10,13,19H,8-9H2,1-7H3,(H,18,21)/t13-/m1/s1. The number of carbonyl (C=O) groups is 2. The second kappa shape index (κ2) is 8.15. The van der Waals surface area contributed by atoms with E-state index >= 15 is 0 Å². The van der Waals surface area contributed by atoms with Crippen molar-refractivity contribution in [1.82, 2.24) is 15.2 Å². The Labute approximate surface area is 138 Å². The Balaban J connectivity index is 2.89. The highest BCUT2D eigenvalue weighted by atomic mass is 16.5. The number of aryl methyl sites for hydroxylation is 1. The van der Waals surface area contributed by atoms with Gasteiger partial charge in [0.25, 0.3) is 5.91 Å². The molecule has 0 spiro atoms. The lowest BCUT2D eigenvalue weighted by Crippen LogP contribution is -2.43. The van der Waals surface area contributed by atoms with Gasteiger partial charge in [-0.2, -0.15) is 0 Å². The highest BCUT2D eigenvalue weighted by molar-refractivity contribution is 6.00. The number of aromatic nitrogens is 1. The number of carbonyl (C=O) groups excluding carboxylic acids is 2. The minimum Gasteiger partial charge on any atom is -0.462 e. The van der Waals surface area contributed by atoms with Crippen LogP contribution in [0.25, 0.3) is 0 Å². The largest absolute Gasteiger partial charge is 0.462 e. The minimum absolute atomic E-state index is 0.200. The lowest BCUT2D eigenvalue weighted by molar-refractivity contribution is 0.0525. The Morgan fingerprint density at radius 3 is 2.35 bits per heavy atom. The number of esters is 1. The van der Waals surface area contributed by atoms with Gasteiger partial charge in [-0.15, -0.1) is 0 Å². The van der Waals surface area contributed by atoms with Crippen LogP contribution >= 0.6 is 0 Å². The number of hydrogen-bond acceptors (Lipinski definition) is 4. The van der Waals surface area contributed by atoms with Crippen molar-refractivity contribution < 1.29 is 14.3 Å². The summed E-state index contributed by atoms with van der Waals surface area (Å²) < 4.78 is 5.05. The first-order valence-corrected chi connectivity index (χ1v) is 8.01. The maximum atomic E-state index is 12.4. The Morgan fingerprint density at radius 1 is 1.26 bits per heavy atom. The summed E-state index contributed by atoms with van der Waals surface area (Å²) in [5.74, 6) is -0.174. The fourth-order valence-corrected chi connectivity index (χ4v) is 2.79. The molecule has 1 aromatic rings. The summed E-state index contributed by atoms with van der Waals surface area (Å²) in [5.41, 5.74) is 2.15. The molecule has 0 fully saturated rings. The lowest BCUT2D eigenvalue weighted by atomic mass is 10.0. The summed E-state index contributed by atoms with van der Waals surface area (Å²) in [4.78, 5) is 29.5. The summed E-state index contributed by atoms with van der Waals surface area (Å²) in [7, 11) is 4.00. The number of H-pyrrole nitrogens is 1. The lowest BCUT2D eigenvalue weighted by Gasteiger charge is -2.28. The highest BCUT2D eigenvalue weighted by Gasteiger charge is 2.24. The number of nitrogens with one attached hydrogen (secondary N) is 2.